The molecule has 0 radical (unpaired) electrons. The summed E-state index contributed by atoms with van der Waals surface area (Å²) < 4.78 is 0. The number of anilines is 1. The first-order valence-electron chi connectivity index (χ1n) is 12.3. The van der Waals surface area contributed by atoms with Crippen molar-refractivity contribution < 1.29 is 15.0 Å². The number of aliphatic hydroxyl groups excluding tert-OH is 1. The van der Waals surface area contributed by atoms with E-state index in [-0.39, 0.29) is 23.7 Å². The van der Waals surface area contributed by atoms with E-state index in [2.05, 4.69) is 62.0 Å². The van der Waals surface area contributed by atoms with E-state index in [0.717, 1.165) is 32.1 Å². The Morgan fingerprint density at radius 3 is 2.58 bits per heavy atom. The van der Waals surface area contributed by atoms with E-state index in [9.17, 15) is 15.0 Å². The maximum absolute atomic E-state index is 12.2. The number of nitrogens with zero attached hydrogens (tertiary/aromatic N) is 1. The number of benzene rings is 1. The third-order valence-corrected chi connectivity index (χ3v) is 9.07. The zero-order chi connectivity index (χ0) is 23.4. The van der Waals surface area contributed by atoms with Crippen LogP contribution in [0.3, 0.4) is 0 Å². The molecule has 2 unspecified atom stereocenters. The lowest BCUT2D eigenvalue weighted by molar-refractivity contribution is -0.114. The van der Waals surface area contributed by atoms with Crippen LogP contribution in [-0.2, 0) is 4.79 Å². The molecule has 1 aromatic carbocycles. The van der Waals surface area contributed by atoms with Gasteiger partial charge in [-0.15, -0.1) is 0 Å². The fraction of sp³-hybridized carbons (Fsp3) is 0.552. The van der Waals surface area contributed by atoms with Crippen LogP contribution in [0.25, 0.3) is 0 Å². The number of hydrogen-bond acceptors (Lipinski definition) is 4. The van der Waals surface area contributed by atoms with Gasteiger partial charge in [-0.1, -0.05) is 36.5 Å². The van der Waals surface area contributed by atoms with Crippen molar-refractivity contribution in [3.8, 4) is 11.8 Å². The fourth-order valence-corrected chi connectivity index (χ4v) is 7.36. The fourth-order valence-electron chi connectivity index (χ4n) is 7.36. The van der Waals surface area contributed by atoms with Crippen LogP contribution in [0.1, 0.15) is 63.4 Å². The minimum atomic E-state index is -1.07. The SMILES string of the molecule is CN(C)c1ccc([C@H]2C[C@@]3(C)C(CC[C@@]3(O)C#CCO)C3CCC4=CC(=O)CCC4=C32)cc1. The molecular formula is C29H35NO3. The highest BCUT2D eigenvalue weighted by atomic mass is 16.3. The molecule has 1 aromatic rings. The Morgan fingerprint density at radius 2 is 1.88 bits per heavy atom. The van der Waals surface area contributed by atoms with Crippen molar-refractivity contribution in [1.82, 2.24) is 0 Å². The summed E-state index contributed by atoms with van der Waals surface area (Å²) in [6.07, 6.45) is 7.80. The number of carbonyl (C=O) groups is 1. The van der Waals surface area contributed by atoms with Crippen molar-refractivity contribution in [3.05, 3.63) is 52.6 Å². The Labute approximate surface area is 197 Å². The first-order valence-corrected chi connectivity index (χ1v) is 12.3. The Balaban J connectivity index is 1.66. The molecule has 2 N–H and O–H groups in total. The standard InChI is InChI=1S/C29H35NO3/c1-28-18-25(19-5-8-21(9-6-19)30(2)3)27-23-12-10-22(32)17-20(23)7-11-24(27)26(28)13-15-29(28,33)14-4-16-31/h5-6,8-9,17,24-26,31,33H,7,10-13,15-16,18H2,1-3H3/t24?,25-,26?,28+,29+/m1/s1. The largest absolute Gasteiger partial charge is 0.384 e. The van der Waals surface area contributed by atoms with Gasteiger partial charge in [-0.25, -0.2) is 0 Å². The molecular weight excluding hydrogens is 410 g/mol. The second-order valence-electron chi connectivity index (χ2n) is 10.8. The number of hydrogen-bond donors (Lipinski definition) is 2. The van der Waals surface area contributed by atoms with Gasteiger partial charge in [-0.3, -0.25) is 4.79 Å². The minimum Gasteiger partial charge on any atom is -0.384 e. The summed E-state index contributed by atoms with van der Waals surface area (Å²) in [7, 11) is 4.11. The van der Waals surface area contributed by atoms with E-state index in [1.165, 1.54) is 28.0 Å². The molecule has 4 heteroatoms. The van der Waals surface area contributed by atoms with Crippen molar-refractivity contribution in [2.45, 2.75) is 63.4 Å². The van der Waals surface area contributed by atoms with Crippen LogP contribution < -0.4 is 4.90 Å². The molecule has 4 aliphatic carbocycles. The van der Waals surface area contributed by atoms with Gasteiger partial charge in [0.25, 0.3) is 0 Å². The van der Waals surface area contributed by atoms with Gasteiger partial charge in [0.2, 0.25) is 0 Å². The second-order valence-corrected chi connectivity index (χ2v) is 10.8. The predicted molar refractivity (Wildman–Crippen MR) is 131 cm³/mol. The summed E-state index contributed by atoms with van der Waals surface area (Å²) in [5.41, 5.74) is 5.26. The summed E-state index contributed by atoms with van der Waals surface area (Å²) >= 11 is 0. The molecule has 174 valence electrons. The normalized spacial score (nSPS) is 35.1. The van der Waals surface area contributed by atoms with Gasteiger partial charge in [0, 0.05) is 37.5 Å². The number of fused-ring (bicyclic) bond motifs is 4. The van der Waals surface area contributed by atoms with Gasteiger partial charge >= 0.3 is 0 Å². The number of rotatable bonds is 2. The molecule has 5 atom stereocenters. The Bertz CT molecular complexity index is 1090. The van der Waals surface area contributed by atoms with E-state index in [1.54, 1.807) is 0 Å². The quantitative estimate of drug-likeness (QED) is 0.664. The number of aliphatic hydroxyl groups is 2. The first kappa shape index (κ1) is 22.4. The van der Waals surface area contributed by atoms with Gasteiger partial charge in [0.1, 0.15) is 12.2 Å². The van der Waals surface area contributed by atoms with Crippen LogP contribution in [0.2, 0.25) is 0 Å². The number of allylic oxidation sites excluding steroid dienone is 4. The molecule has 2 saturated carbocycles. The van der Waals surface area contributed by atoms with Gasteiger partial charge in [0.15, 0.2) is 5.78 Å². The third-order valence-electron chi connectivity index (χ3n) is 9.07. The van der Waals surface area contributed by atoms with E-state index < -0.39 is 5.60 Å². The highest BCUT2D eigenvalue weighted by Crippen LogP contribution is 2.66. The number of ketones is 1. The summed E-state index contributed by atoms with van der Waals surface area (Å²) in [5.74, 6) is 7.10. The molecule has 0 saturated heterocycles. The smallest absolute Gasteiger partial charge is 0.156 e. The topological polar surface area (TPSA) is 60.8 Å². The van der Waals surface area contributed by atoms with Crippen molar-refractivity contribution >= 4 is 11.5 Å². The Kier molecular flexibility index (Phi) is 5.54. The van der Waals surface area contributed by atoms with Crippen LogP contribution in [0.5, 0.6) is 0 Å². The average molecular weight is 446 g/mol. The average Bonchev–Trinajstić information content (AvgIpc) is 3.07. The molecule has 4 aliphatic rings. The van der Waals surface area contributed by atoms with Crippen molar-refractivity contribution in [2.24, 2.45) is 17.3 Å². The van der Waals surface area contributed by atoms with Crippen LogP contribution >= 0.6 is 0 Å². The molecule has 33 heavy (non-hydrogen) atoms. The molecule has 4 nitrogen and oxygen atoms in total. The van der Waals surface area contributed by atoms with Gasteiger partial charge in [0.05, 0.1) is 0 Å². The summed E-state index contributed by atoms with van der Waals surface area (Å²) in [5, 5.41) is 21.1. The Hall–Kier alpha value is -2.35. The lowest BCUT2D eigenvalue weighted by Crippen LogP contribution is -2.51. The van der Waals surface area contributed by atoms with E-state index in [1.807, 2.05) is 6.08 Å². The third kappa shape index (κ3) is 3.49. The van der Waals surface area contributed by atoms with E-state index in [0.29, 0.717) is 24.7 Å². The molecule has 2 fully saturated rings. The predicted octanol–water partition coefficient (Wildman–Crippen LogP) is 4.38. The lowest BCUT2D eigenvalue weighted by Gasteiger charge is -2.53. The monoisotopic (exact) mass is 445 g/mol. The van der Waals surface area contributed by atoms with E-state index >= 15 is 0 Å². The van der Waals surface area contributed by atoms with E-state index in [4.69, 9.17) is 0 Å². The summed E-state index contributed by atoms with van der Waals surface area (Å²) in [6.45, 7) is 2.01. The molecule has 0 aromatic heterocycles. The molecule has 0 amide bonds. The van der Waals surface area contributed by atoms with Crippen molar-refractivity contribution in [3.63, 3.8) is 0 Å². The van der Waals surface area contributed by atoms with Crippen LogP contribution in [0.15, 0.2) is 47.1 Å². The lowest BCUT2D eigenvalue weighted by atomic mass is 9.51. The Morgan fingerprint density at radius 1 is 1.12 bits per heavy atom. The summed E-state index contributed by atoms with van der Waals surface area (Å²) in [6, 6.07) is 8.85. The van der Waals surface area contributed by atoms with Crippen molar-refractivity contribution in [2.75, 3.05) is 25.6 Å². The summed E-state index contributed by atoms with van der Waals surface area (Å²) in [4.78, 5) is 14.3. The molecule has 0 heterocycles. The molecule has 0 spiro atoms. The van der Waals surface area contributed by atoms with Crippen LogP contribution in [0.4, 0.5) is 5.69 Å². The molecule has 5 rings (SSSR count). The van der Waals surface area contributed by atoms with Crippen molar-refractivity contribution in [1.29, 1.82) is 0 Å². The highest BCUT2D eigenvalue weighted by molar-refractivity contribution is 5.93. The minimum absolute atomic E-state index is 0.208. The van der Waals surface area contributed by atoms with Gasteiger partial charge < -0.3 is 15.1 Å². The first-order chi connectivity index (χ1) is 15.8. The van der Waals surface area contributed by atoms with Gasteiger partial charge in [-0.05, 0) is 85.3 Å². The van der Waals surface area contributed by atoms with Crippen LogP contribution in [-0.4, -0.2) is 42.3 Å². The number of carbonyl (C=O) groups excluding carboxylic acids is 1. The maximum Gasteiger partial charge on any atom is 0.156 e. The molecule has 0 aliphatic heterocycles. The zero-order valence-electron chi connectivity index (χ0n) is 20.0. The highest BCUT2D eigenvalue weighted by Gasteiger charge is 2.62. The van der Waals surface area contributed by atoms with Crippen LogP contribution in [0, 0.1) is 29.1 Å². The second kappa shape index (κ2) is 8.15. The maximum atomic E-state index is 12.2. The zero-order valence-corrected chi connectivity index (χ0v) is 20.0. The van der Waals surface area contributed by atoms with Gasteiger partial charge in [-0.2, -0.15) is 0 Å². The molecule has 0 bridgehead atoms.